The van der Waals surface area contributed by atoms with E-state index in [9.17, 15) is 10.2 Å². The first-order valence-electron chi connectivity index (χ1n) is 5.79. The highest BCUT2D eigenvalue weighted by atomic mass is 16.3. The van der Waals surface area contributed by atoms with E-state index in [0.29, 0.717) is 6.42 Å². The zero-order chi connectivity index (χ0) is 11.6. The molecule has 0 aromatic heterocycles. The Labute approximate surface area is 95.8 Å². The second kappa shape index (κ2) is 3.86. The maximum atomic E-state index is 11.1. The lowest BCUT2D eigenvalue weighted by Crippen LogP contribution is -2.36. The summed E-state index contributed by atoms with van der Waals surface area (Å²) in [5.74, 6) is 0. The number of rotatable bonds is 1. The maximum absolute atomic E-state index is 11.1. The summed E-state index contributed by atoms with van der Waals surface area (Å²) in [5, 5.41) is 12.5. The summed E-state index contributed by atoms with van der Waals surface area (Å²) in [6.45, 7) is 2.14. The van der Waals surface area contributed by atoms with Crippen LogP contribution in [0, 0.1) is 21.7 Å². The molecule has 2 atom stereocenters. The molecular formula is C13H16N2O. The van der Waals surface area contributed by atoms with Crippen LogP contribution in [0.2, 0.25) is 0 Å². The molecule has 0 N–H and O–H groups in total. The number of nitroso groups, excluding NO2 is 1. The Kier molecular flexibility index (Phi) is 2.67. The van der Waals surface area contributed by atoms with Crippen molar-refractivity contribution in [1.82, 2.24) is 0 Å². The smallest absolute Gasteiger partial charge is 0.195 e. The second-order valence-corrected chi connectivity index (χ2v) is 5.01. The average Bonchev–Trinajstić information content (AvgIpc) is 2.46. The highest BCUT2D eigenvalue weighted by Crippen LogP contribution is 2.49. The van der Waals surface area contributed by atoms with Crippen LogP contribution in [0.25, 0.3) is 0 Å². The largest absolute Gasteiger partial charge is 0.213 e. The quantitative estimate of drug-likeness (QED) is 0.497. The molecular weight excluding hydrogens is 200 g/mol. The van der Waals surface area contributed by atoms with E-state index in [2.05, 4.69) is 30.3 Å². The van der Waals surface area contributed by atoms with Gasteiger partial charge in [-0.25, -0.2) is 0 Å². The van der Waals surface area contributed by atoms with Crippen molar-refractivity contribution >= 4 is 0 Å². The molecule has 0 spiro atoms. The van der Waals surface area contributed by atoms with E-state index < -0.39 is 5.54 Å². The van der Waals surface area contributed by atoms with Crippen LogP contribution < -0.4 is 0 Å². The Hall–Kier alpha value is -1.43. The third-order valence-corrected chi connectivity index (χ3v) is 3.87. The molecule has 2 unspecified atom stereocenters. The zero-order valence-corrected chi connectivity index (χ0v) is 9.57. The Morgan fingerprint density at radius 2 is 2.19 bits per heavy atom. The third kappa shape index (κ3) is 1.49. The third-order valence-electron chi connectivity index (χ3n) is 3.87. The molecule has 2 aliphatic rings. The molecule has 3 heteroatoms. The molecule has 16 heavy (non-hydrogen) atoms. The van der Waals surface area contributed by atoms with Crippen molar-refractivity contribution in [2.45, 2.75) is 44.6 Å². The number of nitrogens with zero attached hydrogens (tertiary/aromatic N) is 2. The fraction of sp³-hybridized carbons (Fsp3) is 0.615. The summed E-state index contributed by atoms with van der Waals surface area (Å²) in [6.07, 6.45) is 10.6. The highest BCUT2D eigenvalue weighted by molar-refractivity contribution is 5.40. The summed E-state index contributed by atoms with van der Waals surface area (Å²) < 4.78 is 0. The Morgan fingerprint density at radius 3 is 2.88 bits per heavy atom. The summed E-state index contributed by atoms with van der Waals surface area (Å²) in [6, 6.07) is 2.13. The molecule has 0 fully saturated rings. The fourth-order valence-electron chi connectivity index (χ4n) is 2.92. The summed E-state index contributed by atoms with van der Waals surface area (Å²) in [5.41, 5.74) is -0.245. The van der Waals surface area contributed by atoms with Gasteiger partial charge in [-0.1, -0.05) is 25.2 Å². The van der Waals surface area contributed by atoms with Gasteiger partial charge in [0.1, 0.15) is 6.07 Å². The van der Waals surface area contributed by atoms with Gasteiger partial charge >= 0.3 is 0 Å². The first-order valence-corrected chi connectivity index (χ1v) is 5.79. The Bertz CT molecular complexity index is 405. The number of fused-ring (bicyclic) bond motifs is 1. The Balaban J connectivity index is 2.54. The van der Waals surface area contributed by atoms with Crippen molar-refractivity contribution in [3.8, 4) is 6.07 Å². The normalized spacial score (nSPS) is 37.9. The van der Waals surface area contributed by atoms with Crippen molar-refractivity contribution in [3.63, 3.8) is 0 Å². The maximum Gasteiger partial charge on any atom is 0.213 e. The zero-order valence-electron chi connectivity index (χ0n) is 9.57. The van der Waals surface area contributed by atoms with E-state index in [4.69, 9.17) is 0 Å². The van der Waals surface area contributed by atoms with Crippen LogP contribution in [0.4, 0.5) is 0 Å². The standard InChI is InChI=1S/C13H16N2O/c1-12-7-3-2-6-11(12)13(10-14,15-16)9-5-4-8-12/h4-6H,2-3,7-9H2,1H3. The van der Waals surface area contributed by atoms with Gasteiger partial charge in [-0.05, 0) is 41.8 Å². The molecule has 0 saturated carbocycles. The minimum absolute atomic E-state index is 0.0467. The molecule has 3 nitrogen and oxygen atoms in total. The molecule has 2 rings (SSSR count). The van der Waals surface area contributed by atoms with Crippen LogP contribution in [0.5, 0.6) is 0 Å². The van der Waals surface area contributed by atoms with Gasteiger partial charge in [-0.3, -0.25) is 0 Å². The summed E-state index contributed by atoms with van der Waals surface area (Å²) >= 11 is 0. The lowest BCUT2D eigenvalue weighted by atomic mass is 9.66. The molecule has 0 saturated heterocycles. The molecule has 2 aliphatic carbocycles. The van der Waals surface area contributed by atoms with Crippen molar-refractivity contribution in [2.75, 3.05) is 0 Å². The highest BCUT2D eigenvalue weighted by Gasteiger charge is 2.46. The predicted molar refractivity (Wildman–Crippen MR) is 62.6 cm³/mol. The number of hydrogen-bond donors (Lipinski definition) is 0. The number of nitriles is 1. The first-order chi connectivity index (χ1) is 7.67. The van der Waals surface area contributed by atoms with Crippen LogP contribution in [-0.2, 0) is 0 Å². The van der Waals surface area contributed by atoms with Crippen molar-refractivity contribution in [3.05, 3.63) is 28.7 Å². The molecule has 0 aromatic carbocycles. The minimum atomic E-state index is -1.15. The predicted octanol–water partition coefficient (Wildman–Crippen LogP) is 3.48. The molecule has 84 valence electrons. The topological polar surface area (TPSA) is 53.2 Å². The lowest BCUT2D eigenvalue weighted by Gasteiger charge is -2.38. The average molecular weight is 216 g/mol. The van der Waals surface area contributed by atoms with Gasteiger partial charge in [0, 0.05) is 6.42 Å². The molecule has 0 amide bonds. The lowest BCUT2D eigenvalue weighted by molar-refractivity contribution is 0.310. The van der Waals surface area contributed by atoms with Crippen LogP contribution >= 0.6 is 0 Å². The van der Waals surface area contributed by atoms with Crippen LogP contribution in [0.3, 0.4) is 0 Å². The number of allylic oxidation sites excluding steroid dienone is 2. The molecule has 0 bridgehead atoms. The van der Waals surface area contributed by atoms with E-state index >= 15 is 0 Å². The van der Waals surface area contributed by atoms with Crippen molar-refractivity contribution < 1.29 is 0 Å². The van der Waals surface area contributed by atoms with E-state index in [1.807, 2.05) is 6.08 Å². The van der Waals surface area contributed by atoms with E-state index in [0.717, 1.165) is 31.3 Å². The molecule has 0 aliphatic heterocycles. The summed E-state index contributed by atoms with van der Waals surface area (Å²) in [7, 11) is 0. The second-order valence-electron chi connectivity index (χ2n) is 5.01. The molecule has 0 heterocycles. The van der Waals surface area contributed by atoms with Gasteiger partial charge in [0.25, 0.3) is 0 Å². The SMILES string of the molecule is CC12CC=CCC(C#N)(N=O)C1=CCCC2. The van der Waals surface area contributed by atoms with Gasteiger partial charge in [-0.15, -0.1) is 4.91 Å². The van der Waals surface area contributed by atoms with E-state index in [1.165, 1.54) is 0 Å². The van der Waals surface area contributed by atoms with Crippen LogP contribution in [-0.4, -0.2) is 5.54 Å². The van der Waals surface area contributed by atoms with Gasteiger partial charge in [0.05, 0.1) is 0 Å². The monoisotopic (exact) mass is 216 g/mol. The first kappa shape index (κ1) is 11.1. The fourth-order valence-corrected chi connectivity index (χ4v) is 2.92. The molecule has 0 radical (unpaired) electrons. The van der Waals surface area contributed by atoms with Crippen molar-refractivity contribution in [1.29, 1.82) is 5.26 Å². The van der Waals surface area contributed by atoms with Gasteiger partial charge < -0.3 is 0 Å². The van der Waals surface area contributed by atoms with Gasteiger partial charge in [0.15, 0.2) is 0 Å². The van der Waals surface area contributed by atoms with Crippen molar-refractivity contribution in [2.24, 2.45) is 10.6 Å². The van der Waals surface area contributed by atoms with Crippen LogP contribution in [0.1, 0.15) is 39.0 Å². The van der Waals surface area contributed by atoms with Crippen LogP contribution in [0.15, 0.2) is 29.0 Å². The van der Waals surface area contributed by atoms with Gasteiger partial charge in [0.2, 0.25) is 5.54 Å². The number of hydrogen-bond acceptors (Lipinski definition) is 3. The van der Waals surface area contributed by atoms with E-state index in [1.54, 1.807) is 0 Å². The van der Waals surface area contributed by atoms with Gasteiger partial charge in [-0.2, -0.15) is 5.26 Å². The Morgan fingerprint density at radius 1 is 1.44 bits per heavy atom. The van der Waals surface area contributed by atoms with E-state index in [-0.39, 0.29) is 5.41 Å². The minimum Gasteiger partial charge on any atom is -0.195 e. The molecule has 0 aromatic rings. The summed E-state index contributed by atoms with van der Waals surface area (Å²) in [4.78, 5) is 11.1.